The Bertz CT molecular complexity index is 1180. The lowest BCUT2D eigenvalue weighted by atomic mass is 10.1. The quantitative estimate of drug-likeness (QED) is 0.594. The Morgan fingerprint density at radius 3 is 2.58 bits per heavy atom. The summed E-state index contributed by atoms with van der Waals surface area (Å²) in [6.07, 6.45) is 4.45. The van der Waals surface area contributed by atoms with Crippen molar-refractivity contribution in [2.24, 2.45) is 0 Å². The Kier molecular flexibility index (Phi) is 5.97. The summed E-state index contributed by atoms with van der Waals surface area (Å²) in [6.45, 7) is -0.231. The zero-order chi connectivity index (χ0) is 21.8. The monoisotopic (exact) mass is 420 g/mol. The maximum Gasteiger partial charge on any atom is 0.350 e. The van der Waals surface area contributed by atoms with Gasteiger partial charge in [-0.1, -0.05) is 37.1 Å². The van der Waals surface area contributed by atoms with E-state index >= 15 is 0 Å². The van der Waals surface area contributed by atoms with Crippen LogP contribution in [0.3, 0.4) is 0 Å². The average molecular weight is 420 g/mol. The molecule has 0 atom stereocenters. The van der Waals surface area contributed by atoms with Crippen LogP contribution < -0.4 is 16.3 Å². The number of amides is 1. The maximum atomic E-state index is 12.8. The molecule has 1 aliphatic carbocycles. The Morgan fingerprint density at radius 1 is 1.10 bits per heavy atom. The highest BCUT2D eigenvalue weighted by Gasteiger charge is 2.19. The molecule has 0 bridgehead atoms. The van der Waals surface area contributed by atoms with Gasteiger partial charge in [-0.05, 0) is 37.1 Å². The van der Waals surface area contributed by atoms with E-state index in [1.54, 1.807) is 30.3 Å². The molecule has 1 amide bonds. The molecule has 1 aliphatic rings. The third kappa shape index (κ3) is 4.42. The number of anilines is 2. The van der Waals surface area contributed by atoms with Crippen LogP contribution in [-0.2, 0) is 16.1 Å². The molecule has 4 rings (SSSR count). The van der Waals surface area contributed by atoms with Crippen molar-refractivity contribution in [2.45, 2.75) is 38.3 Å². The lowest BCUT2D eigenvalue weighted by Gasteiger charge is -2.17. The molecule has 1 fully saturated rings. The molecule has 3 aromatic rings. The minimum absolute atomic E-state index is 0.231. The van der Waals surface area contributed by atoms with Crippen LogP contribution in [-0.4, -0.2) is 34.6 Å². The summed E-state index contributed by atoms with van der Waals surface area (Å²) in [5.74, 6) is -0.440. The zero-order valence-electron chi connectivity index (χ0n) is 17.3. The Balaban J connectivity index is 1.62. The second kappa shape index (κ2) is 8.99. The van der Waals surface area contributed by atoms with Crippen molar-refractivity contribution in [3.05, 3.63) is 64.6 Å². The fraction of sp³-hybridized carbons (Fsp3) is 0.304. The van der Waals surface area contributed by atoms with Gasteiger partial charge in [-0.15, -0.1) is 0 Å². The van der Waals surface area contributed by atoms with Gasteiger partial charge < -0.3 is 15.4 Å². The number of hydrogen-bond acceptors (Lipinski definition) is 6. The number of rotatable bonds is 6. The molecule has 0 aliphatic heterocycles. The summed E-state index contributed by atoms with van der Waals surface area (Å²) < 4.78 is 6.10. The van der Waals surface area contributed by atoms with Gasteiger partial charge in [0, 0.05) is 11.4 Å². The van der Waals surface area contributed by atoms with E-state index in [1.807, 2.05) is 18.2 Å². The average Bonchev–Trinajstić information content (AvgIpc) is 3.29. The van der Waals surface area contributed by atoms with Crippen molar-refractivity contribution in [1.82, 2.24) is 9.55 Å². The third-order valence-electron chi connectivity index (χ3n) is 5.49. The van der Waals surface area contributed by atoms with E-state index in [1.165, 1.54) is 24.5 Å². The molecule has 1 saturated carbocycles. The number of para-hydroxylation sites is 2. The van der Waals surface area contributed by atoms with Crippen LogP contribution in [0.2, 0.25) is 0 Å². The van der Waals surface area contributed by atoms with E-state index in [-0.39, 0.29) is 12.1 Å². The van der Waals surface area contributed by atoms with E-state index in [0.29, 0.717) is 23.1 Å². The van der Waals surface area contributed by atoms with Crippen molar-refractivity contribution >= 4 is 34.3 Å². The van der Waals surface area contributed by atoms with E-state index in [0.717, 1.165) is 18.2 Å². The van der Waals surface area contributed by atoms with Crippen LogP contribution in [0.15, 0.2) is 53.3 Å². The van der Waals surface area contributed by atoms with Crippen molar-refractivity contribution in [2.75, 3.05) is 17.7 Å². The number of esters is 1. The van der Waals surface area contributed by atoms with Crippen LogP contribution in [0, 0.1) is 0 Å². The van der Waals surface area contributed by atoms with Gasteiger partial charge in [-0.25, -0.2) is 9.59 Å². The first-order valence-corrected chi connectivity index (χ1v) is 10.3. The molecule has 0 spiro atoms. The van der Waals surface area contributed by atoms with E-state index in [4.69, 9.17) is 4.74 Å². The molecule has 160 valence electrons. The largest absolute Gasteiger partial charge is 0.465 e. The summed E-state index contributed by atoms with van der Waals surface area (Å²) in [6, 6.07) is 14.3. The van der Waals surface area contributed by atoms with Gasteiger partial charge in [0.2, 0.25) is 5.91 Å². The van der Waals surface area contributed by atoms with E-state index in [2.05, 4.69) is 15.6 Å². The first-order valence-electron chi connectivity index (χ1n) is 10.3. The molecule has 2 N–H and O–H groups in total. The molecule has 0 saturated heterocycles. The number of benzene rings is 2. The summed E-state index contributed by atoms with van der Waals surface area (Å²) in [7, 11) is 1.28. The standard InChI is InChI=1S/C23H24N4O4/c1-31-22(29)16-10-4-6-12-18(16)25-20(28)14-27-19-13-7-5-11-17(19)21(26-23(27)30)24-15-8-2-3-9-15/h4-7,10-13,15H,2-3,8-9,14H2,1H3,(H,25,28)(H,24,26,30). The van der Waals surface area contributed by atoms with Crippen molar-refractivity contribution < 1.29 is 14.3 Å². The fourth-order valence-corrected chi connectivity index (χ4v) is 3.97. The van der Waals surface area contributed by atoms with Crippen molar-refractivity contribution in [3.63, 3.8) is 0 Å². The van der Waals surface area contributed by atoms with Gasteiger partial charge in [0.15, 0.2) is 0 Å². The number of nitrogens with zero attached hydrogens (tertiary/aromatic N) is 2. The Morgan fingerprint density at radius 2 is 1.81 bits per heavy atom. The summed E-state index contributed by atoms with van der Waals surface area (Å²) in [4.78, 5) is 41.7. The number of nitrogens with one attached hydrogen (secondary N) is 2. The van der Waals surface area contributed by atoms with Crippen LogP contribution in [0.25, 0.3) is 10.9 Å². The predicted octanol–water partition coefficient (Wildman–Crippen LogP) is 3.18. The Hall–Kier alpha value is -3.68. The SMILES string of the molecule is COC(=O)c1ccccc1NC(=O)Cn1c(=O)nc(NC2CCCC2)c2ccccc21. The van der Waals surface area contributed by atoms with Crippen LogP contribution >= 0.6 is 0 Å². The number of hydrogen-bond donors (Lipinski definition) is 2. The number of aromatic nitrogens is 2. The molecule has 1 aromatic heterocycles. The van der Waals surface area contributed by atoms with Crippen molar-refractivity contribution in [3.8, 4) is 0 Å². The highest BCUT2D eigenvalue weighted by molar-refractivity contribution is 6.01. The summed E-state index contributed by atoms with van der Waals surface area (Å²) in [5, 5.41) is 6.88. The normalized spacial score (nSPS) is 13.8. The fourth-order valence-electron chi connectivity index (χ4n) is 3.97. The molecule has 8 heteroatoms. The highest BCUT2D eigenvalue weighted by Crippen LogP contribution is 2.25. The topological polar surface area (TPSA) is 102 Å². The smallest absolute Gasteiger partial charge is 0.350 e. The molecule has 0 radical (unpaired) electrons. The van der Waals surface area contributed by atoms with Gasteiger partial charge in [-0.3, -0.25) is 9.36 Å². The number of carbonyl (C=O) groups excluding carboxylic acids is 2. The number of fused-ring (bicyclic) bond motifs is 1. The third-order valence-corrected chi connectivity index (χ3v) is 5.49. The lowest BCUT2D eigenvalue weighted by Crippen LogP contribution is -2.31. The number of carbonyl (C=O) groups is 2. The molecular weight excluding hydrogens is 396 g/mol. The second-order valence-corrected chi connectivity index (χ2v) is 7.56. The van der Waals surface area contributed by atoms with Gasteiger partial charge in [-0.2, -0.15) is 4.98 Å². The molecule has 2 aromatic carbocycles. The minimum Gasteiger partial charge on any atom is -0.465 e. The van der Waals surface area contributed by atoms with Crippen LogP contribution in [0.5, 0.6) is 0 Å². The lowest BCUT2D eigenvalue weighted by molar-refractivity contribution is -0.116. The maximum absolute atomic E-state index is 12.8. The second-order valence-electron chi connectivity index (χ2n) is 7.56. The van der Waals surface area contributed by atoms with Gasteiger partial charge >= 0.3 is 11.7 Å². The molecule has 8 nitrogen and oxygen atoms in total. The first-order chi connectivity index (χ1) is 15.1. The zero-order valence-corrected chi connectivity index (χ0v) is 17.3. The van der Waals surface area contributed by atoms with Gasteiger partial charge in [0.1, 0.15) is 12.4 Å². The molecule has 1 heterocycles. The molecule has 0 unspecified atom stereocenters. The number of ether oxygens (including phenoxy) is 1. The van der Waals surface area contributed by atoms with E-state index < -0.39 is 17.6 Å². The summed E-state index contributed by atoms with van der Waals surface area (Å²) in [5.41, 5.74) is 0.684. The molecule has 31 heavy (non-hydrogen) atoms. The van der Waals surface area contributed by atoms with Crippen LogP contribution in [0.1, 0.15) is 36.0 Å². The molecular formula is C23H24N4O4. The predicted molar refractivity (Wildman–Crippen MR) is 118 cm³/mol. The first kappa shape index (κ1) is 20.6. The summed E-state index contributed by atoms with van der Waals surface area (Å²) >= 11 is 0. The number of methoxy groups -OCH3 is 1. The van der Waals surface area contributed by atoms with Gasteiger partial charge in [0.25, 0.3) is 0 Å². The van der Waals surface area contributed by atoms with Crippen LogP contribution in [0.4, 0.5) is 11.5 Å². The van der Waals surface area contributed by atoms with E-state index in [9.17, 15) is 14.4 Å². The highest BCUT2D eigenvalue weighted by atomic mass is 16.5. The van der Waals surface area contributed by atoms with Gasteiger partial charge in [0.05, 0.1) is 23.9 Å². The Labute approximate surface area is 179 Å². The minimum atomic E-state index is -0.553. The van der Waals surface area contributed by atoms with Crippen molar-refractivity contribution in [1.29, 1.82) is 0 Å².